The molecule has 0 saturated heterocycles. The maximum atomic E-state index is 12.2. The smallest absolute Gasteiger partial charge is 0.227 e. The Hall–Kier alpha value is -3.41. The number of rotatable bonds is 6. The van der Waals surface area contributed by atoms with E-state index in [1.54, 1.807) is 6.20 Å². The van der Waals surface area contributed by atoms with Crippen LogP contribution >= 0.6 is 0 Å². The third-order valence-electron chi connectivity index (χ3n) is 4.60. The zero-order valence-corrected chi connectivity index (χ0v) is 15.2. The molecule has 0 aliphatic heterocycles. The van der Waals surface area contributed by atoms with Crippen molar-refractivity contribution in [3.63, 3.8) is 0 Å². The molecule has 27 heavy (non-hydrogen) atoms. The zero-order chi connectivity index (χ0) is 18.6. The van der Waals surface area contributed by atoms with Crippen molar-refractivity contribution in [1.82, 2.24) is 19.6 Å². The normalized spacial score (nSPS) is 11.0. The van der Waals surface area contributed by atoms with E-state index in [0.29, 0.717) is 25.3 Å². The van der Waals surface area contributed by atoms with E-state index in [-0.39, 0.29) is 5.91 Å². The summed E-state index contributed by atoms with van der Waals surface area (Å²) < 4.78 is 3.66. The highest BCUT2D eigenvalue weighted by Crippen LogP contribution is 2.19. The fourth-order valence-electron chi connectivity index (χ4n) is 3.17. The van der Waals surface area contributed by atoms with Crippen molar-refractivity contribution in [2.75, 3.05) is 5.32 Å². The number of carbonyl (C=O) groups is 1. The Morgan fingerprint density at radius 2 is 1.93 bits per heavy atom. The number of aryl methyl sites for hydroxylation is 2. The summed E-state index contributed by atoms with van der Waals surface area (Å²) in [6, 6.07) is 18.3. The van der Waals surface area contributed by atoms with Gasteiger partial charge in [0.25, 0.3) is 0 Å². The van der Waals surface area contributed by atoms with E-state index >= 15 is 0 Å². The Labute approximate surface area is 157 Å². The van der Waals surface area contributed by atoms with E-state index in [9.17, 15) is 4.79 Å². The fourth-order valence-corrected chi connectivity index (χ4v) is 3.17. The summed E-state index contributed by atoms with van der Waals surface area (Å²) in [4.78, 5) is 12.2. The number of nitrogens with one attached hydrogen (secondary N) is 1. The van der Waals surface area contributed by atoms with Crippen LogP contribution < -0.4 is 5.32 Å². The molecule has 0 saturated carbocycles. The van der Waals surface area contributed by atoms with Gasteiger partial charge in [-0.05, 0) is 29.3 Å². The molecule has 6 nitrogen and oxygen atoms in total. The predicted octanol–water partition coefficient (Wildman–Crippen LogP) is 3.62. The highest BCUT2D eigenvalue weighted by molar-refractivity contribution is 5.89. The number of amides is 1. The SMILES string of the molecule is Cc1ccnn1CCC(=O)Nc1ccn(Cc2cccc3ccccc23)n1. The van der Waals surface area contributed by atoms with E-state index in [0.717, 1.165) is 5.69 Å². The fraction of sp³-hybridized carbons (Fsp3) is 0.190. The largest absolute Gasteiger partial charge is 0.309 e. The highest BCUT2D eigenvalue weighted by Gasteiger charge is 2.08. The summed E-state index contributed by atoms with van der Waals surface area (Å²) in [6.07, 6.45) is 3.98. The van der Waals surface area contributed by atoms with Crippen molar-refractivity contribution in [3.8, 4) is 0 Å². The maximum absolute atomic E-state index is 12.2. The number of nitrogens with zero attached hydrogens (tertiary/aromatic N) is 4. The third-order valence-corrected chi connectivity index (χ3v) is 4.60. The Morgan fingerprint density at radius 1 is 1.07 bits per heavy atom. The van der Waals surface area contributed by atoms with Crippen LogP contribution in [0.5, 0.6) is 0 Å². The van der Waals surface area contributed by atoms with Crippen LogP contribution in [-0.2, 0) is 17.9 Å². The number of fused-ring (bicyclic) bond motifs is 1. The van der Waals surface area contributed by atoms with Crippen molar-refractivity contribution in [1.29, 1.82) is 0 Å². The minimum absolute atomic E-state index is 0.0692. The lowest BCUT2D eigenvalue weighted by molar-refractivity contribution is -0.116. The third kappa shape index (κ3) is 3.89. The van der Waals surface area contributed by atoms with Gasteiger partial charge < -0.3 is 5.32 Å². The van der Waals surface area contributed by atoms with Crippen LogP contribution in [0.4, 0.5) is 5.82 Å². The summed E-state index contributed by atoms with van der Waals surface area (Å²) in [5.41, 5.74) is 2.24. The molecule has 6 heteroatoms. The zero-order valence-electron chi connectivity index (χ0n) is 15.2. The lowest BCUT2D eigenvalue weighted by Gasteiger charge is -2.07. The molecule has 0 aliphatic rings. The minimum Gasteiger partial charge on any atom is -0.309 e. The van der Waals surface area contributed by atoms with Gasteiger partial charge in [0.15, 0.2) is 5.82 Å². The van der Waals surface area contributed by atoms with Crippen LogP contribution in [0.1, 0.15) is 17.7 Å². The molecule has 0 fully saturated rings. The standard InChI is InChI=1S/C21H21N5O/c1-16-9-12-22-26(16)14-11-21(27)23-20-10-13-25(24-20)15-18-7-4-6-17-5-2-3-8-19(17)18/h2-10,12-13H,11,14-15H2,1H3,(H,23,24,27). The summed E-state index contributed by atoms with van der Waals surface area (Å²) >= 11 is 0. The maximum Gasteiger partial charge on any atom is 0.227 e. The van der Waals surface area contributed by atoms with E-state index in [1.165, 1.54) is 16.3 Å². The van der Waals surface area contributed by atoms with Gasteiger partial charge in [0.1, 0.15) is 0 Å². The van der Waals surface area contributed by atoms with Gasteiger partial charge in [0.2, 0.25) is 5.91 Å². The van der Waals surface area contributed by atoms with E-state index < -0.39 is 0 Å². The van der Waals surface area contributed by atoms with Gasteiger partial charge in [-0.1, -0.05) is 42.5 Å². The average Bonchev–Trinajstić information content (AvgIpc) is 3.29. The predicted molar refractivity (Wildman–Crippen MR) is 105 cm³/mol. The second-order valence-corrected chi connectivity index (χ2v) is 6.53. The molecular formula is C21H21N5O. The molecule has 136 valence electrons. The lowest BCUT2D eigenvalue weighted by Crippen LogP contribution is -2.16. The van der Waals surface area contributed by atoms with E-state index in [4.69, 9.17) is 0 Å². The van der Waals surface area contributed by atoms with Crippen LogP contribution in [-0.4, -0.2) is 25.5 Å². The van der Waals surface area contributed by atoms with Gasteiger partial charge in [-0.3, -0.25) is 14.2 Å². The molecule has 0 bridgehead atoms. The quantitative estimate of drug-likeness (QED) is 0.572. The molecule has 0 radical (unpaired) electrons. The van der Waals surface area contributed by atoms with Crippen molar-refractivity contribution < 1.29 is 4.79 Å². The molecule has 4 aromatic rings. The van der Waals surface area contributed by atoms with Crippen LogP contribution in [0.3, 0.4) is 0 Å². The second kappa shape index (κ2) is 7.45. The molecule has 2 heterocycles. The Balaban J connectivity index is 1.39. The van der Waals surface area contributed by atoms with Crippen molar-refractivity contribution >= 4 is 22.5 Å². The average molecular weight is 359 g/mol. The summed E-state index contributed by atoms with van der Waals surface area (Å²) in [7, 11) is 0. The summed E-state index contributed by atoms with van der Waals surface area (Å²) in [6.45, 7) is 3.19. The van der Waals surface area contributed by atoms with Crippen LogP contribution in [0.2, 0.25) is 0 Å². The molecule has 0 aliphatic carbocycles. The molecule has 0 unspecified atom stereocenters. The van der Waals surface area contributed by atoms with Crippen molar-refractivity contribution in [2.24, 2.45) is 0 Å². The molecule has 1 amide bonds. The molecule has 0 spiro atoms. The number of aromatic nitrogens is 4. The summed E-state index contributed by atoms with van der Waals surface area (Å²) in [5, 5.41) is 14.0. The highest BCUT2D eigenvalue weighted by atomic mass is 16.1. The lowest BCUT2D eigenvalue weighted by atomic mass is 10.0. The van der Waals surface area contributed by atoms with Crippen molar-refractivity contribution in [3.05, 3.63) is 78.2 Å². The first-order valence-corrected chi connectivity index (χ1v) is 8.97. The first kappa shape index (κ1) is 17.0. The van der Waals surface area contributed by atoms with Gasteiger partial charge >= 0.3 is 0 Å². The van der Waals surface area contributed by atoms with E-state index in [2.05, 4.69) is 45.8 Å². The topological polar surface area (TPSA) is 64.7 Å². The van der Waals surface area contributed by atoms with Gasteiger partial charge in [0, 0.05) is 37.1 Å². The molecule has 2 aromatic carbocycles. The number of benzene rings is 2. The first-order valence-electron chi connectivity index (χ1n) is 8.97. The first-order chi connectivity index (χ1) is 13.2. The second-order valence-electron chi connectivity index (χ2n) is 6.53. The molecule has 0 atom stereocenters. The van der Waals surface area contributed by atoms with Gasteiger partial charge in [-0.25, -0.2) is 0 Å². The monoisotopic (exact) mass is 359 g/mol. The van der Waals surface area contributed by atoms with Crippen LogP contribution in [0.15, 0.2) is 67.0 Å². The Morgan fingerprint density at radius 3 is 2.78 bits per heavy atom. The van der Waals surface area contributed by atoms with Crippen LogP contribution in [0, 0.1) is 6.92 Å². The van der Waals surface area contributed by atoms with Gasteiger partial charge in [-0.15, -0.1) is 0 Å². The van der Waals surface area contributed by atoms with Crippen molar-refractivity contribution in [2.45, 2.75) is 26.4 Å². The number of anilines is 1. The molecule has 1 N–H and O–H groups in total. The van der Waals surface area contributed by atoms with Gasteiger partial charge in [-0.2, -0.15) is 10.2 Å². The minimum atomic E-state index is -0.0692. The van der Waals surface area contributed by atoms with Gasteiger partial charge in [0.05, 0.1) is 6.54 Å². The molecule has 2 aromatic heterocycles. The van der Waals surface area contributed by atoms with Crippen LogP contribution in [0.25, 0.3) is 10.8 Å². The Kier molecular flexibility index (Phi) is 4.70. The van der Waals surface area contributed by atoms with E-state index in [1.807, 2.05) is 46.7 Å². The molecule has 4 rings (SSSR count). The molecular weight excluding hydrogens is 338 g/mol. The number of hydrogen-bond acceptors (Lipinski definition) is 3. The number of hydrogen-bond donors (Lipinski definition) is 1. The summed E-state index contributed by atoms with van der Waals surface area (Å²) in [5.74, 6) is 0.498. The Bertz CT molecular complexity index is 1070. The number of carbonyl (C=O) groups excluding carboxylic acids is 1.